The molecule has 2 fully saturated rings. The van der Waals surface area contributed by atoms with Gasteiger partial charge in [-0.05, 0) is 42.2 Å². The largest absolute Gasteiger partial charge is 0.340 e. The molecular weight excluding hydrogens is 441 g/mol. The lowest BCUT2D eigenvalue weighted by molar-refractivity contribution is -0.141. The Hall–Kier alpha value is -2.70. The van der Waals surface area contributed by atoms with E-state index in [-0.39, 0.29) is 23.5 Å². The highest BCUT2D eigenvalue weighted by atomic mass is 35.5. The molecular formula is C26H29ClFN3O2. The van der Waals surface area contributed by atoms with Crippen molar-refractivity contribution in [2.45, 2.75) is 19.4 Å². The third-order valence-corrected chi connectivity index (χ3v) is 6.82. The van der Waals surface area contributed by atoms with Crippen molar-refractivity contribution in [3.63, 3.8) is 0 Å². The zero-order chi connectivity index (χ0) is 23.2. The molecule has 0 saturated carbocycles. The van der Waals surface area contributed by atoms with Gasteiger partial charge in [0.1, 0.15) is 5.82 Å². The summed E-state index contributed by atoms with van der Waals surface area (Å²) in [5, 5.41) is 0.438. The molecule has 7 heteroatoms. The van der Waals surface area contributed by atoms with Crippen molar-refractivity contribution in [3.8, 4) is 0 Å². The summed E-state index contributed by atoms with van der Waals surface area (Å²) >= 11 is 6.15. The molecule has 2 saturated heterocycles. The second-order valence-electron chi connectivity index (χ2n) is 8.68. The number of hydrogen-bond acceptors (Lipinski definition) is 3. The van der Waals surface area contributed by atoms with Crippen LogP contribution in [0.25, 0.3) is 6.08 Å². The lowest BCUT2D eigenvalue weighted by Gasteiger charge is -2.38. The van der Waals surface area contributed by atoms with Gasteiger partial charge in [0.15, 0.2) is 0 Å². The van der Waals surface area contributed by atoms with Gasteiger partial charge in [0.25, 0.3) is 0 Å². The molecule has 0 aromatic heterocycles. The molecule has 33 heavy (non-hydrogen) atoms. The Bertz CT molecular complexity index is 998. The summed E-state index contributed by atoms with van der Waals surface area (Å²) in [7, 11) is 0. The highest BCUT2D eigenvalue weighted by Gasteiger charge is 2.31. The highest BCUT2D eigenvalue weighted by Crippen LogP contribution is 2.23. The maximum absolute atomic E-state index is 13.3. The topological polar surface area (TPSA) is 43.9 Å². The van der Waals surface area contributed by atoms with Crippen LogP contribution in [-0.4, -0.2) is 65.8 Å². The lowest BCUT2D eigenvalue weighted by Crippen LogP contribution is -2.51. The van der Waals surface area contributed by atoms with Gasteiger partial charge in [-0.2, -0.15) is 0 Å². The van der Waals surface area contributed by atoms with Crippen LogP contribution < -0.4 is 0 Å². The van der Waals surface area contributed by atoms with Crippen molar-refractivity contribution < 1.29 is 14.0 Å². The molecule has 0 radical (unpaired) electrons. The number of piperidine rings is 1. The van der Waals surface area contributed by atoms with E-state index in [9.17, 15) is 14.0 Å². The van der Waals surface area contributed by atoms with Crippen molar-refractivity contribution in [1.29, 1.82) is 0 Å². The van der Waals surface area contributed by atoms with Gasteiger partial charge in [0.2, 0.25) is 11.8 Å². The van der Waals surface area contributed by atoms with Crippen LogP contribution in [0.4, 0.5) is 4.39 Å². The average molecular weight is 470 g/mol. The molecule has 5 nitrogen and oxygen atoms in total. The first kappa shape index (κ1) is 23.5. The molecule has 4 rings (SSSR count). The molecule has 2 aliphatic rings. The SMILES string of the molecule is O=C(/C=C/c1ccccc1)N1CCC(C(=O)N2CCN(Cc3ccc(F)cc3Cl)CC2)CC1. The molecule has 2 heterocycles. The number of amides is 2. The smallest absolute Gasteiger partial charge is 0.246 e. The van der Waals surface area contributed by atoms with E-state index < -0.39 is 0 Å². The van der Waals surface area contributed by atoms with Crippen LogP contribution in [0.15, 0.2) is 54.6 Å². The monoisotopic (exact) mass is 469 g/mol. The fourth-order valence-corrected chi connectivity index (χ4v) is 4.69. The molecule has 0 bridgehead atoms. The zero-order valence-electron chi connectivity index (χ0n) is 18.6. The van der Waals surface area contributed by atoms with Crippen LogP contribution in [0.1, 0.15) is 24.0 Å². The van der Waals surface area contributed by atoms with E-state index in [0.29, 0.717) is 50.6 Å². The fraction of sp³-hybridized carbons (Fsp3) is 0.385. The molecule has 2 aliphatic heterocycles. The van der Waals surface area contributed by atoms with Crippen molar-refractivity contribution >= 4 is 29.5 Å². The van der Waals surface area contributed by atoms with E-state index in [0.717, 1.165) is 24.2 Å². The van der Waals surface area contributed by atoms with Gasteiger partial charge >= 0.3 is 0 Å². The summed E-state index contributed by atoms with van der Waals surface area (Å²) in [6.07, 6.45) is 4.85. The molecule has 2 amide bonds. The van der Waals surface area contributed by atoms with E-state index in [1.54, 1.807) is 12.1 Å². The second-order valence-corrected chi connectivity index (χ2v) is 9.09. The number of hydrogen-bond donors (Lipinski definition) is 0. The standard InChI is InChI=1S/C26H29ClFN3O2/c27-24-18-23(28)8-7-22(24)19-29-14-16-31(17-15-29)26(33)21-10-12-30(13-11-21)25(32)9-6-20-4-2-1-3-5-20/h1-9,18,21H,10-17,19H2/b9-6+. The van der Waals surface area contributed by atoms with E-state index in [2.05, 4.69) is 4.90 Å². The molecule has 0 N–H and O–H groups in total. The fourth-order valence-electron chi connectivity index (χ4n) is 4.46. The Morgan fingerprint density at radius 2 is 1.64 bits per heavy atom. The Labute approximate surface area is 199 Å². The van der Waals surface area contributed by atoms with E-state index in [1.807, 2.05) is 46.2 Å². The predicted molar refractivity (Wildman–Crippen MR) is 128 cm³/mol. The molecule has 0 aliphatic carbocycles. The first-order chi connectivity index (χ1) is 16.0. The minimum Gasteiger partial charge on any atom is -0.340 e. The van der Waals surface area contributed by atoms with E-state index in [4.69, 9.17) is 11.6 Å². The van der Waals surface area contributed by atoms with Crippen LogP contribution >= 0.6 is 11.6 Å². The normalized spacial score (nSPS) is 18.1. The van der Waals surface area contributed by atoms with Crippen LogP contribution in [0.2, 0.25) is 5.02 Å². The van der Waals surface area contributed by atoms with Crippen molar-refractivity contribution in [2.75, 3.05) is 39.3 Å². The number of benzene rings is 2. The Morgan fingerprint density at radius 1 is 0.939 bits per heavy atom. The summed E-state index contributed by atoms with van der Waals surface area (Å²) in [4.78, 5) is 31.5. The first-order valence-corrected chi connectivity index (χ1v) is 11.8. The zero-order valence-corrected chi connectivity index (χ0v) is 19.4. The Balaban J connectivity index is 1.21. The first-order valence-electron chi connectivity index (χ1n) is 11.5. The number of halogens is 2. The summed E-state index contributed by atoms with van der Waals surface area (Å²) < 4.78 is 13.3. The van der Waals surface area contributed by atoms with Crippen LogP contribution in [0.5, 0.6) is 0 Å². The molecule has 0 spiro atoms. The molecule has 2 aromatic carbocycles. The predicted octanol–water partition coefficient (Wildman–Crippen LogP) is 4.08. The third kappa shape index (κ3) is 6.21. The van der Waals surface area contributed by atoms with Crippen molar-refractivity contribution in [1.82, 2.24) is 14.7 Å². The number of nitrogens with zero attached hydrogens (tertiary/aromatic N) is 3. The number of carbonyl (C=O) groups excluding carboxylic acids is 2. The summed E-state index contributed by atoms with van der Waals surface area (Å²) in [5.74, 6) is -0.163. The van der Waals surface area contributed by atoms with Crippen LogP contribution in [-0.2, 0) is 16.1 Å². The maximum atomic E-state index is 13.3. The molecule has 0 atom stereocenters. The number of likely N-dealkylation sites (tertiary alicyclic amines) is 1. The number of carbonyl (C=O) groups is 2. The highest BCUT2D eigenvalue weighted by molar-refractivity contribution is 6.31. The van der Waals surface area contributed by atoms with Gasteiger partial charge in [-0.25, -0.2) is 4.39 Å². The quantitative estimate of drug-likeness (QED) is 0.620. The van der Waals surface area contributed by atoms with Crippen LogP contribution in [0, 0.1) is 11.7 Å². The summed E-state index contributed by atoms with van der Waals surface area (Å²) in [5.41, 5.74) is 1.90. The average Bonchev–Trinajstić information content (AvgIpc) is 2.85. The summed E-state index contributed by atoms with van der Waals surface area (Å²) in [6, 6.07) is 14.2. The molecule has 0 unspecified atom stereocenters. The van der Waals surface area contributed by atoms with Gasteiger partial charge < -0.3 is 9.80 Å². The van der Waals surface area contributed by atoms with Crippen molar-refractivity contribution in [2.24, 2.45) is 5.92 Å². The Morgan fingerprint density at radius 3 is 2.30 bits per heavy atom. The van der Waals surface area contributed by atoms with E-state index in [1.165, 1.54) is 12.1 Å². The van der Waals surface area contributed by atoms with Crippen molar-refractivity contribution in [3.05, 3.63) is 76.6 Å². The third-order valence-electron chi connectivity index (χ3n) is 6.47. The second kappa shape index (κ2) is 10.9. The van der Waals surface area contributed by atoms with Gasteiger partial charge in [0, 0.05) is 62.8 Å². The lowest BCUT2D eigenvalue weighted by atomic mass is 9.95. The molecule has 2 aromatic rings. The van der Waals surface area contributed by atoms with Gasteiger partial charge in [0.05, 0.1) is 0 Å². The number of piperazine rings is 1. The number of rotatable bonds is 5. The molecule has 174 valence electrons. The Kier molecular flexibility index (Phi) is 7.78. The summed E-state index contributed by atoms with van der Waals surface area (Å²) in [6.45, 7) is 4.75. The van der Waals surface area contributed by atoms with Gasteiger partial charge in [-0.3, -0.25) is 14.5 Å². The minimum atomic E-state index is -0.334. The van der Waals surface area contributed by atoms with Crippen LogP contribution in [0.3, 0.4) is 0 Å². The van der Waals surface area contributed by atoms with E-state index >= 15 is 0 Å². The van der Waals surface area contributed by atoms with Gasteiger partial charge in [-0.15, -0.1) is 0 Å². The maximum Gasteiger partial charge on any atom is 0.246 e. The minimum absolute atomic E-state index is 0.00202. The van der Waals surface area contributed by atoms with Gasteiger partial charge in [-0.1, -0.05) is 48.0 Å².